The van der Waals surface area contributed by atoms with Crippen molar-refractivity contribution in [3.05, 3.63) is 65.2 Å². The summed E-state index contributed by atoms with van der Waals surface area (Å²) in [6.07, 6.45) is -4.30. The smallest absolute Gasteiger partial charge is 0.416 e. The van der Waals surface area contributed by atoms with Crippen LogP contribution < -0.4 is 5.32 Å². The van der Waals surface area contributed by atoms with Crippen LogP contribution in [-0.2, 0) is 17.4 Å². The van der Waals surface area contributed by atoms with Gasteiger partial charge in [-0.3, -0.25) is 4.79 Å². The molecule has 7 heteroatoms. The normalized spacial score (nSPS) is 12.5. The molecule has 25 heavy (non-hydrogen) atoms. The molecule has 2 rings (SSSR count). The van der Waals surface area contributed by atoms with Gasteiger partial charge in [0.25, 0.3) is 0 Å². The SMILES string of the molecule is CC(Cc1cccc(C(F)(F)F)c1)C(=O)Nc1cccc(C(=O)O)c1. The average molecular weight is 351 g/mol. The summed E-state index contributed by atoms with van der Waals surface area (Å²) in [5.74, 6) is -2.11. The molecular formula is C18H16F3NO3. The third-order valence-corrected chi connectivity index (χ3v) is 3.62. The van der Waals surface area contributed by atoms with E-state index in [1.54, 1.807) is 13.0 Å². The standard InChI is InChI=1S/C18H16F3NO3/c1-11(8-12-4-2-6-14(9-12)18(19,20)21)16(23)22-15-7-3-5-13(10-15)17(24)25/h2-7,9-11H,8H2,1H3,(H,22,23)(H,24,25). The van der Waals surface area contributed by atoms with Crippen molar-refractivity contribution in [1.29, 1.82) is 0 Å². The Bertz CT molecular complexity index is 787. The molecule has 0 saturated heterocycles. The van der Waals surface area contributed by atoms with Crippen molar-refractivity contribution in [2.45, 2.75) is 19.5 Å². The maximum Gasteiger partial charge on any atom is 0.416 e. The van der Waals surface area contributed by atoms with Gasteiger partial charge in [-0.05, 0) is 36.2 Å². The summed E-state index contributed by atoms with van der Waals surface area (Å²) in [5.41, 5.74) is -0.00680. The van der Waals surface area contributed by atoms with Crippen molar-refractivity contribution in [3.63, 3.8) is 0 Å². The Morgan fingerprint density at radius 3 is 2.44 bits per heavy atom. The maximum absolute atomic E-state index is 12.7. The van der Waals surface area contributed by atoms with Crippen molar-refractivity contribution in [3.8, 4) is 0 Å². The molecule has 0 saturated carbocycles. The monoisotopic (exact) mass is 351 g/mol. The summed E-state index contributed by atoms with van der Waals surface area (Å²) >= 11 is 0. The van der Waals surface area contributed by atoms with Gasteiger partial charge >= 0.3 is 12.1 Å². The molecule has 0 spiro atoms. The molecule has 0 fully saturated rings. The van der Waals surface area contributed by atoms with Gasteiger partial charge in [0.1, 0.15) is 0 Å². The summed E-state index contributed by atoms with van der Waals surface area (Å²) in [7, 11) is 0. The lowest BCUT2D eigenvalue weighted by molar-refractivity contribution is -0.137. The van der Waals surface area contributed by atoms with Crippen LogP contribution in [0.25, 0.3) is 0 Å². The lowest BCUT2D eigenvalue weighted by atomic mass is 9.98. The van der Waals surface area contributed by atoms with Crippen molar-refractivity contribution in [2.24, 2.45) is 5.92 Å². The molecule has 2 aromatic carbocycles. The Balaban J connectivity index is 2.06. The van der Waals surface area contributed by atoms with E-state index in [4.69, 9.17) is 5.11 Å². The maximum atomic E-state index is 12.7. The molecule has 0 radical (unpaired) electrons. The second-order valence-corrected chi connectivity index (χ2v) is 5.68. The van der Waals surface area contributed by atoms with Crippen LogP contribution in [0.4, 0.5) is 18.9 Å². The largest absolute Gasteiger partial charge is 0.478 e. The number of carbonyl (C=O) groups excluding carboxylic acids is 1. The highest BCUT2D eigenvalue weighted by Gasteiger charge is 2.30. The second-order valence-electron chi connectivity index (χ2n) is 5.68. The molecule has 0 aliphatic heterocycles. The van der Waals surface area contributed by atoms with Gasteiger partial charge in [0.05, 0.1) is 11.1 Å². The van der Waals surface area contributed by atoms with Crippen LogP contribution in [0.5, 0.6) is 0 Å². The molecule has 0 heterocycles. The van der Waals surface area contributed by atoms with Crippen LogP contribution >= 0.6 is 0 Å². The van der Waals surface area contributed by atoms with E-state index in [0.29, 0.717) is 11.3 Å². The zero-order chi connectivity index (χ0) is 18.6. The Labute approximate surface area is 142 Å². The van der Waals surface area contributed by atoms with Crippen LogP contribution in [0.2, 0.25) is 0 Å². The molecule has 1 atom stereocenters. The van der Waals surface area contributed by atoms with Gasteiger partial charge in [-0.1, -0.05) is 31.2 Å². The van der Waals surface area contributed by atoms with E-state index in [1.165, 1.54) is 30.3 Å². The Morgan fingerprint density at radius 2 is 1.80 bits per heavy atom. The van der Waals surface area contributed by atoms with E-state index in [0.717, 1.165) is 12.1 Å². The first kappa shape index (κ1) is 18.5. The highest BCUT2D eigenvalue weighted by molar-refractivity contribution is 5.94. The number of nitrogens with one attached hydrogen (secondary N) is 1. The predicted molar refractivity (Wildman–Crippen MR) is 86.3 cm³/mol. The molecule has 2 aromatic rings. The minimum absolute atomic E-state index is 0.0309. The van der Waals surface area contributed by atoms with Gasteiger partial charge in [-0.25, -0.2) is 4.79 Å². The zero-order valence-corrected chi connectivity index (χ0v) is 13.3. The average Bonchev–Trinajstić information content (AvgIpc) is 2.54. The summed E-state index contributed by atoms with van der Waals surface area (Å²) < 4.78 is 38.2. The van der Waals surface area contributed by atoms with Gasteiger partial charge in [0.15, 0.2) is 0 Å². The molecule has 1 amide bonds. The van der Waals surface area contributed by atoms with E-state index < -0.39 is 29.5 Å². The van der Waals surface area contributed by atoms with Gasteiger partial charge < -0.3 is 10.4 Å². The van der Waals surface area contributed by atoms with Crippen LogP contribution in [0.1, 0.15) is 28.4 Å². The van der Waals surface area contributed by atoms with Gasteiger partial charge in [0, 0.05) is 11.6 Å². The van der Waals surface area contributed by atoms with E-state index in [9.17, 15) is 22.8 Å². The van der Waals surface area contributed by atoms with E-state index in [2.05, 4.69) is 5.32 Å². The fourth-order valence-corrected chi connectivity index (χ4v) is 2.32. The van der Waals surface area contributed by atoms with Crippen molar-refractivity contribution < 1.29 is 27.9 Å². The van der Waals surface area contributed by atoms with Crippen LogP contribution in [0, 0.1) is 5.92 Å². The number of halogens is 3. The molecule has 2 N–H and O–H groups in total. The fraction of sp³-hybridized carbons (Fsp3) is 0.222. The van der Waals surface area contributed by atoms with Crippen molar-refractivity contribution >= 4 is 17.6 Å². The fourth-order valence-electron chi connectivity index (χ4n) is 2.32. The number of carbonyl (C=O) groups is 2. The number of amides is 1. The van der Waals surface area contributed by atoms with E-state index >= 15 is 0 Å². The number of anilines is 1. The summed E-state index contributed by atoms with van der Waals surface area (Å²) in [4.78, 5) is 23.1. The van der Waals surface area contributed by atoms with Gasteiger partial charge in [-0.2, -0.15) is 13.2 Å². The third-order valence-electron chi connectivity index (χ3n) is 3.62. The molecule has 0 aromatic heterocycles. The first-order chi connectivity index (χ1) is 11.7. The molecule has 0 aliphatic rings. The van der Waals surface area contributed by atoms with Crippen molar-refractivity contribution in [1.82, 2.24) is 0 Å². The summed E-state index contributed by atoms with van der Waals surface area (Å²) in [5, 5.41) is 11.5. The third kappa shape index (κ3) is 5.07. The minimum atomic E-state index is -4.43. The number of alkyl halides is 3. The van der Waals surface area contributed by atoms with E-state index in [-0.39, 0.29) is 12.0 Å². The quantitative estimate of drug-likeness (QED) is 0.848. The number of aromatic carboxylic acids is 1. The molecule has 0 aliphatic carbocycles. The zero-order valence-electron chi connectivity index (χ0n) is 13.3. The van der Waals surface area contributed by atoms with Crippen LogP contribution in [0.3, 0.4) is 0 Å². The highest BCUT2D eigenvalue weighted by Crippen LogP contribution is 2.30. The molecule has 132 valence electrons. The number of rotatable bonds is 5. The van der Waals surface area contributed by atoms with Gasteiger partial charge in [0.2, 0.25) is 5.91 Å². The first-order valence-corrected chi connectivity index (χ1v) is 7.47. The number of hydrogen-bond donors (Lipinski definition) is 2. The Hall–Kier alpha value is -2.83. The first-order valence-electron chi connectivity index (χ1n) is 7.47. The summed E-state index contributed by atoms with van der Waals surface area (Å²) in [6.45, 7) is 1.59. The lowest BCUT2D eigenvalue weighted by Crippen LogP contribution is -2.22. The number of benzene rings is 2. The van der Waals surface area contributed by atoms with Gasteiger partial charge in [-0.15, -0.1) is 0 Å². The van der Waals surface area contributed by atoms with Crippen LogP contribution in [0.15, 0.2) is 48.5 Å². The predicted octanol–water partition coefficient (Wildman–Crippen LogP) is 4.22. The number of carboxylic acid groups (broad SMARTS) is 1. The Morgan fingerprint density at radius 1 is 1.12 bits per heavy atom. The second kappa shape index (κ2) is 7.38. The molecule has 0 bridgehead atoms. The summed E-state index contributed by atoms with van der Waals surface area (Å²) in [6, 6.07) is 10.6. The topological polar surface area (TPSA) is 66.4 Å². The lowest BCUT2D eigenvalue weighted by Gasteiger charge is -2.14. The highest BCUT2D eigenvalue weighted by atomic mass is 19.4. The van der Waals surface area contributed by atoms with Crippen LogP contribution in [-0.4, -0.2) is 17.0 Å². The molecule has 1 unspecified atom stereocenters. The number of carboxylic acids is 1. The Kier molecular flexibility index (Phi) is 5.46. The molecule has 4 nitrogen and oxygen atoms in total. The minimum Gasteiger partial charge on any atom is -0.478 e. The van der Waals surface area contributed by atoms with E-state index in [1.807, 2.05) is 0 Å². The molecular weight excluding hydrogens is 335 g/mol. The number of hydrogen-bond acceptors (Lipinski definition) is 2. The van der Waals surface area contributed by atoms with Crippen molar-refractivity contribution in [2.75, 3.05) is 5.32 Å².